The fourth-order valence-electron chi connectivity index (χ4n) is 18.4. The van der Waals surface area contributed by atoms with Crippen LogP contribution in [-0.2, 0) is 0 Å². The second-order valence-corrected chi connectivity index (χ2v) is 31.1. The summed E-state index contributed by atoms with van der Waals surface area (Å²) in [5.74, 6) is 3.83. The SMILES string of the molecule is c1ccc(-c2nc(-c3ccccc3)nc(-c3cc(-c4ccc(-c5ccc6c(c5)c5ccccc5n6-c5ccccc5)cc4)cc4c5ccccc5c5ccccc5c34)n2)cc1.c1ccc(-c2nc(-c3ccccc3)nc(-c3cc(-c4cccc(-c5ccc6c7ccccc7n(-c7ccccc7)c6c5)c4)cc4c5ccccc5c5ccccc5c34)n2)cc1. The second kappa shape index (κ2) is 29.9. The standard InChI is InChI=1S/2C57H36N4/c1-4-17-37(18-5-1)55-58-56(38-19-6-2-7-20-38)60-57(59-55)51-35-42(34-50-46-27-11-10-25-44(46)45-26-12-13-29-49(45)54(50)51)40-22-16-21-39(33-40)41-31-32-48-47-28-14-15-30-52(47)61(53(48)36-41)43-23-8-3-9-24-43;1-4-16-39(17-5-1)55-58-56(40-18-6-2-7-19-40)60-57(59-55)51-36-42(35-50-46-24-11-10-22-44(46)45-23-12-13-26-48(45)54(50)51)38-30-28-37(29-31-38)41-32-33-53-49(34-41)47-25-14-15-27-52(47)61(53)43-20-8-3-9-21-43/h2*1-36H. The quantitative estimate of drug-likeness (QED) is 0.113. The van der Waals surface area contributed by atoms with Crippen molar-refractivity contribution in [3.63, 3.8) is 0 Å². The van der Waals surface area contributed by atoms with Gasteiger partial charge in [0.05, 0.1) is 22.1 Å². The monoisotopic (exact) mass is 1550 g/mol. The Hall–Kier alpha value is -16.4. The number of aromatic nitrogens is 8. The van der Waals surface area contributed by atoms with Crippen LogP contribution in [0.2, 0.25) is 0 Å². The molecule has 0 radical (unpaired) electrons. The smallest absolute Gasteiger partial charge is 0.164 e. The van der Waals surface area contributed by atoms with Gasteiger partial charge in [-0.1, -0.05) is 352 Å². The Balaban J connectivity index is 0.000000142. The van der Waals surface area contributed by atoms with E-state index < -0.39 is 0 Å². The van der Waals surface area contributed by atoms with Gasteiger partial charge in [-0.25, -0.2) is 29.9 Å². The van der Waals surface area contributed by atoms with Gasteiger partial charge in [0.15, 0.2) is 34.9 Å². The molecule has 0 aliphatic rings. The molecule has 568 valence electrons. The summed E-state index contributed by atoms with van der Waals surface area (Å²) in [5, 5.41) is 19.1. The molecule has 24 rings (SSSR count). The maximum Gasteiger partial charge on any atom is 0.164 e. The molecule has 8 nitrogen and oxygen atoms in total. The lowest BCUT2D eigenvalue weighted by Crippen LogP contribution is -2.01. The summed E-state index contributed by atoms with van der Waals surface area (Å²) in [6.07, 6.45) is 0. The van der Waals surface area contributed by atoms with Gasteiger partial charge in [-0.2, -0.15) is 0 Å². The zero-order valence-electron chi connectivity index (χ0n) is 66.1. The molecule has 0 bridgehead atoms. The van der Waals surface area contributed by atoms with Crippen molar-refractivity contribution in [3.05, 3.63) is 437 Å². The molecule has 8 heteroatoms. The highest BCUT2D eigenvalue weighted by molar-refractivity contribution is 6.30. The van der Waals surface area contributed by atoms with Crippen molar-refractivity contribution in [2.24, 2.45) is 0 Å². The summed E-state index contributed by atoms with van der Waals surface area (Å²) >= 11 is 0. The molecule has 24 aromatic rings. The van der Waals surface area contributed by atoms with Gasteiger partial charge in [0, 0.05) is 77.1 Å². The van der Waals surface area contributed by atoms with Gasteiger partial charge < -0.3 is 9.13 Å². The van der Waals surface area contributed by atoms with E-state index in [0.29, 0.717) is 34.9 Å². The molecule has 0 saturated heterocycles. The Labute approximate surface area is 703 Å². The van der Waals surface area contributed by atoms with Crippen LogP contribution in [0.15, 0.2) is 437 Å². The highest BCUT2D eigenvalue weighted by Gasteiger charge is 2.24. The van der Waals surface area contributed by atoms with Gasteiger partial charge in [-0.15, -0.1) is 0 Å². The van der Waals surface area contributed by atoms with Crippen LogP contribution < -0.4 is 0 Å². The minimum atomic E-state index is 0.635. The fourth-order valence-corrected chi connectivity index (χ4v) is 18.4. The lowest BCUT2D eigenvalue weighted by molar-refractivity contribution is 1.08. The Morgan fingerprint density at radius 2 is 0.393 bits per heavy atom. The average molecular weight is 1550 g/mol. The molecule has 0 amide bonds. The third-order valence-electron chi connectivity index (χ3n) is 24.0. The van der Waals surface area contributed by atoms with E-state index in [1.54, 1.807) is 0 Å². The van der Waals surface area contributed by atoms with Crippen LogP contribution in [0.25, 0.3) is 232 Å². The second-order valence-electron chi connectivity index (χ2n) is 31.1. The first-order valence-corrected chi connectivity index (χ1v) is 41.4. The summed E-state index contributed by atoms with van der Waals surface area (Å²) in [6.45, 7) is 0. The minimum absolute atomic E-state index is 0.635. The first kappa shape index (κ1) is 70.9. The molecule has 122 heavy (non-hydrogen) atoms. The van der Waals surface area contributed by atoms with E-state index in [1.807, 2.05) is 72.8 Å². The summed E-state index contributed by atoms with van der Waals surface area (Å²) in [5.41, 5.74) is 21.8. The topological polar surface area (TPSA) is 87.2 Å². The average Bonchev–Trinajstić information content (AvgIpc) is 1.16. The normalized spacial score (nSPS) is 11.6. The van der Waals surface area contributed by atoms with Gasteiger partial charge in [-0.3, -0.25) is 0 Å². The first-order valence-electron chi connectivity index (χ1n) is 41.4. The van der Waals surface area contributed by atoms with Crippen molar-refractivity contribution >= 4 is 108 Å². The number of nitrogens with zero attached hydrogens (tertiary/aromatic N) is 8. The van der Waals surface area contributed by atoms with Crippen LogP contribution in [0.5, 0.6) is 0 Å². The summed E-state index contributed by atoms with van der Waals surface area (Å²) in [4.78, 5) is 31.2. The van der Waals surface area contributed by atoms with Gasteiger partial charge in [0.1, 0.15) is 0 Å². The molecule has 0 N–H and O–H groups in total. The Morgan fingerprint density at radius 3 is 0.828 bits per heavy atom. The van der Waals surface area contributed by atoms with Crippen molar-refractivity contribution in [2.75, 3.05) is 0 Å². The third-order valence-corrected chi connectivity index (χ3v) is 24.0. The van der Waals surface area contributed by atoms with Crippen LogP contribution in [0.1, 0.15) is 0 Å². The Morgan fingerprint density at radius 1 is 0.131 bits per heavy atom. The number of rotatable bonds is 12. The highest BCUT2D eigenvalue weighted by Crippen LogP contribution is 2.47. The lowest BCUT2D eigenvalue weighted by atomic mass is 9.88. The Kier molecular flexibility index (Phi) is 17.4. The predicted octanol–water partition coefficient (Wildman–Crippen LogP) is 29.5. The van der Waals surface area contributed by atoms with E-state index in [4.69, 9.17) is 29.9 Å². The molecule has 4 heterocycles. The molecule has 20 aromatic carbocycles. The molecule has 0 aliphatic carbocycles. The van der Waals surface area contributed by atoms with Gasteiger partial charge >= 0.3 is 0 Å². The van der Waals surface area contributed by atoms with Crippen molar-refractivity contribution in [3.8, 4) is 124 Å². The largest absolute Gasteiger partial charge is 0.309 e. The van der Waals surface area contributed by atoms with E-state index in [-0.39, 0.29) is 0 Å². The number of para-hydroxylation sites is 4. The first-order chi connectivity index (χ1) is 60.5. The van der Waals surface area contributed by atoms with Crippen molar-refractivity contribution in [1.29, 1.82) is 0 Å². The molecule has 4 aromatic heterocycles. The van der Waals surface area contributed by atoms with Crippen LogP contribution in [0.4, 0.5) is 0 Å². The zero-order valence-corrected chi connectivity index (χ0v) is 66.1. The van der Waals surface area contributed by atoms with Crippen LogP contribution in [-0.4, -0.2) is 39.0 Å². The Bertz CT molecular complexity index is 8100. The van der Waals surface area contributed by atoms with Gasteiger partial charge in [0.2, 0.25) is 0 Å². The molecule has 0 aliphatic heterocycles. The maximum atomic E-state index is 5.29. The molecule has 0 spiro atoms. The lowest BCUT2D eigenvalue weighted by Gasteiger charge is -2.17. The number of benzene rings is 20. The van der Waals surface area contributed by atoms with Crippen LogP contribution >= 0.6 is 0 Å². The number of fused-ring (bicyclic) bond motifs is 18. The van der Waals surface area contributed by atoms with Crippen molar-refractivity contribution in [1.82, 2.24) is 39.0 Å². The molecular weight excluding hydrogens is 1480 g/mol. The predicted molar refractivity (Wildman–Crippen MR) is 508 cm³/mol. The van der Waals surface area contributed by atoms with E-state index in [0.717, 1.165) is 111 Å². The van der Waals surface area contributed by atoms with Crippen LogP contribution in [0, 0.1) is 0 Å². The summed E-state index contributed by atoms with van der Waals surface area (Å²) in [6, 6.07) is 155. The molecular formula is C114H72N8. The zero-order chi connectivity index (χ0) is 80.6. The van der Waals surface area contributed by atoms with E-state index >= 15 is 0 Å². The van der Waals surface area contributed by atoms with E-state index in [1.165, 1.54) is 86.9 Å². The maximum absolute atomic E-state index is 5.29. The van der Waals surface area contributed by atoms with Gasteiger partial charge in [0.25, 0.3) is 0 Å². The molecule has 0 atom stereocenters. The van der Waals surface area contributed by atoms with E-state index in [2.05, 4.69) is 373 Å². The highest BCUT2D eigenvalue weighted by atomic mass is 15.0. The summed E-state index contributed by atoms with van der Waals surface area (Å²) < 4.78 is 4.74. The van der Waals surface area contributed by atoms with Crippen molar-refractivity contribution in [2.45, 2.75) is 0 Å². The molecule has 0 saturated carbocycles. The van der Waals surface area contributed by atoms with Crippen molar-refractivity contribution < 1.29 is 0 Å². The number of hydrogen-bond acceptors (Lipinski definition) is 6. The third kappa shape index (κ3) is 12.5. The summed E-state index contributed by atoms with van der Waals surface area (Å²) in [7, 11) is 0. The fraction of sp³-hybridized carbons (Fsp3) is 0. The molecule has 0 unspecified atom stereocenters. The molecule has 0 fully saturated rings. The minimum Gasteiger partial charge on any atom is -0.309 e. The number of hydrogen-bond donors (Lipinski definition) is 0. The van der Waals surface area contributed by atoms with E-state index in [9.17, 15) is 0 Å². The van der Waals surface area contributed by atoms with Crippen LogP contribution in [0.3, 0.4) is 0 Å². The van der Waals surface area contributed by atoms with Gasteiger partial charge in [-0.05, 0) is 183 Å².